The van der Waals surface area contributed by atoms with Gasteiger partial charge < -0.3 is 14.6 Å². The van der Waals surface area contributed by atoms with Crippen LogP contribution in [0.3, 0.4) is 0 Å². The smallest absolute Gasteiger partial charge is 0.275 e. The van der Waals surface area contributed by atoms with Gasteiger partial charge in [-0.15, -0.1) is 0 Å². The highest BCUT2D eigenvalue weighted by molar-refractivity contribution is 9.10. The molecule has 0 fully saturated rings. The minimum atomic E-state index is -0.511. The van der Waals surface area contributed by atoms with E-state index in [1.807, 2.05) is 61.5 Å². The van der Waals surface area contributed by atoms with Gasteiger partial charge in [0.05, 0.1) is 23.4 Å². The Bertz CT molecular complexity index is 1370. The molecule has 0 atom stereocenters. The van der Waals surface area contributed by atoms with Crippen molar-refractivity contribution in [2.45, 2.75) is 13.5 Å². The van der Waals surface area contributed by atoms with Crippen LogP contribution in [0.5, 0.6) is 17.2 Å². The Labute approximate surface area is 206 Å². The molecular weight excluding hydrogens is 496 g/mol. The Morgan fingerprint density at radius 1 is 1.06 bits per heavy atom. The van der Waals surface area contributed by atoms with Crippen LogP contribution in [0.2, 0.25) is 0 Å². The van der Waals surface area contributed by atoms with Gasteiger partial charge in [0.2, 0.25) is 0 Å². The summed E-state index contributed by atoms with van der Waals surface area (Å²) in [5.41, 5.74) is 5.53. The number of amides is 1. The van der Waals surface area contributed by atoms with Gasteiger partial charge in [-0.25, -0.2) is 5.43 Å². The first-order valence-corrected chi connectivity index (χ1v) is 11.3. The summed E-state index contributed by atoms with van der Waals surface area (Å²) in [7, 11) is 1.56. The Hall–Kier alpha value is -3.84. The van der Waals surface area contributed by atoms with E-state index in [0.717, 1.165) is 16.3 Å². The highest BCUT2D eigenvalue weighted by Gasteiger charge is 2.13. The molecule has 4 aromatic carbocycles. The van der Waals surface area contributed by atoms with Crippen LogP contribution < -0.4 is 14.9 Å². The maximum absolute atomic E-state index is 12.5. The molecule has 0 aromatic heterocycles. The van der Waals surface area contributed by atoms with E-state index in [2.05, 4.69) is 26.5 Å². The molecule has 0 saturated carbocycles. The highest BCUT2D eigenvalue weighted by atomic mass is 79.9. The van der Waals surface area contributed by atoms with E-state index >= 15 is 0 Å². The van der Waals surface area contributed by atoms with Crippen LogP contribution in [-0.4, -0.2) is 24.3 Å². The molecule has 0 spiro atoms. The quantitative estimate of drug-likeness (QED) is 0.233. The maximum atomic E-state index is 12.5. The molecule has 2 N–H and O–H groups in total. The Kier molecular flexibility index (Phi) is 7.13. The van der Waals surface area contributed by atoms with Crippen molar-refractivity contribution in [2.75, 3.05) is 7.11 Å². The lowest BCUT2D eigenvalue weighted by Crippen LogP contribution is -2.17. The zero-order valence-electron chi connectivity index (χ0n) is 18.7. The number of methoxy groups -OCH3 is 1. The maximum Gasteiger partial charge on any atom is 0.275 e. The molecule has 0 radical (unpaired) electrons. The van der Waals surface area contributed by atoms with Gasteiger partial charge in [-0.1, -0.05) is 54.1 Å². The number of aryl methyl sites for hydroxylation is 1. The lowest BCUT2D eigenvalue weighted by Gasteiger charge is -2.13. The number of hydrogen-bond donors (Lipinski definition) is 2. The monoisotopic (exact) mass is 518 g/mol. The molecule has 4 aromatic rings. The number of hydrogen-bond acceptors (Lipinski definition) is 5. The fourth-order valence-electron chi connectivity index (χ4n) is 3.43. The van der Waals surface area contributed by atoms with E-state index in [0.29, 0.717) is 28.1 Å². The number of nitrogens with one attached hydrogen (secondary N) is 1. The summed E-state index contributed by atoms with van der Waals surface area (Å²) in [4.78, 5) is 12.5. The Balaban J connectivity index is 1.46. The van der Waals surface area contributed by atoms with E-state index in [4.69, 9.17) is 9.47 Å². The number of nitrogens with zero attached hydrogens (tertiary/aromatic N) is 1. The van der Waals surface area contributed by atoms with Crippen LogP contribution in [0, 0.1) is 6.92 Å². The molecule has 0 heterocycles. The number of aromatic hydroxyl groups is 1. The number of fused-ring (bicyclic) bond motifs is 1. The summed E-state index contributed by atoms with van der Waals surface area (Å²) in [5.74, 6) is 0.487. The summed E-state index contributed by atoms with van der Waals surface area (Å²) in [6.07, 6.45) is 1.49. The van der Waals surface area contributed by atoms with Crippen molar-refractivity contribution in [3.8, 4) is 17.2 Å². The van der Waals surface area contributed by atoms with Crippen molar-refractivity contribution in [1.82, 2.24) is 5.43 Å². The normalized spacial score (nSPS) is 11.0. The third kappa shape index (κ3) is 5.38. The second-order valence-electron chi connectivity index (χ2n) is 7.72. The molecule has 0 unspecified atom stereocenters. The van der Waals surface area contributed by atoms with Crippen molar-refractivity contribution < 1.29 is 19.4 Å². The van der Waals surface area contributed by atoms with Crippen LogP contribution in [0.4, 0.5) is 0 Å². The summed E-state index contributed by atoms with van der Waals surface area (Å²) >= 11 is 3.53. The fourth-order valence-corrected chi connectivity index (χ4v) is 4.00. The molecule has 1 amide bonds. The first-order chi connectivity index (χ1) is 16.4. The zero-order chi connectivity index (χ0) is 24.1. The first-order valence-electron chi connectivity index (χ1n) is 10.6. The van der Waals surface area contributed by atoms with E-state index in [-0.39, 0.29) is 11.3 Å². The van der Waals surface area contributed by atoms with Crippen LogP contribution >= 0.6 is 15.9 Å². The van der Waals surface area contributed by atoms with Gasteiger partial charge in [0.25, 0.3) is 5.91 Å². The van der Waals surface area contributed by atoms with Crippen LogP contribution in [0.15, 0.2) is 82.4 Å². The minimum absolute atomic E-state index is 0.106. The lowest BCUT2D eigenvalue weighted by molar-refractivity contribution is 0.0952. The predicted octanol–water partition coefficient (Wildman–Crippen LogP) is 5.97. The Morgan fingerprint density at radius 2 is 1.76 bits per heavy atom. The second-order valence-corrected chi connectivity index (χ2v) is 8.58. The molecule has 0 aliphatic heterocycles. The minimum Gasteiger partial charge on any atom is -0.507 e. The van der Waals surface area contributed by atoms with Crippen molar-refractivity contribution >= 4 is 38.8 Å². The molecule has 172 valence electrons. The lowest BCUT2D eigenvalue weighted by atomic mass is 10.1. The van der Waals surface area contributed by atoms with Crippen molar-refractivity contribution in [1.29, 1.82) is 0 Å². The van der Waals surface area contributed by atoms with Crippen LogP contribution in [-0.2, 0) is 6.61 Å². The number of hydrazone groups is 1. The molecule has 0 aliphatic rings. The zero-order valence-corrected chi connectivity index (χ0v) is 20.3. The standard InChI is InChI=1S/C27H23BrN2O4/c1-17-7-9-18(10-8-17)16-34-26-23(28)11-19(12-25(26)33-2)15-29-30-27(32)22-13-20-5-3-4-6-21(20)14-24(22)31/h3-15,31H,16H2,1-2H3,(H,30,32)/b29-15-. The second kappa shape index (κ2) is 10.4. The summed E-state index contributed by atoms with van der Waals surface area (Å²) in [5, 5.41) is 16.0. The molecule has 34 heavy (non-hydrogen) atoms. The number of phenolic OH excluding ortho intramolecular Hbond substituents is 1. The van der Waals surface area contributed by atoms with Crippen LogP contribution in [0.1, 0.15) is 27.0 Å². The number of phenols is 1. The van der Waals surface area contributed by atoms with Gasteiger partial charge in [-0.3, -0.25) is 4.79 Å². The van der Waals surface area contributed by atoms with Crippen molar-refractivity contribution in [3.63, 3.8) is 0 Å². The van der Waals surface area contributed by atoms with Gasteiger partial charge >= 0.3 is 0 Å². The van der Waals surface area contributed by atoms with E-state index < -0.39 is 5.91 Å². The SMILES string of the molecule is COc1cc(/C=N\NC(=O)c2cc3ccccc3cc2O)cc(Br)c1OCc1ccc(C)cc1. The topological polar surface area (TPSA) is 80.2 Å². The molecule has 6 nitrogen and oxygen atoms in total. The summed E-state index contributed by atoms with van der Waals surface area (Å²) in [6.45, 7) is 2.44. The molecular formula is C27H23BrN2O4. The molecule has 4 rings (SSSR count). The number of rotatable bonds is 7. The van der Waals surface area contributed by atoms with E-state index in [9.17, 15) is 9.90 Å². The van der Waals surface area contributed by atoms with Gasteiger partial charge in [-0.2, -0.15) is 5.10 Å². The fraction of sp³-hybridized carbons (Fsp3) is 0.111. The van der Waals surface area contributed by atoms with Crippen molar-refractivity contribution in [3.05, 3.63) is 99.5 Å². The van der Waals surface area contributed by atoms with Gasteiger partial charge in [0.15, 0.2) is 11.5 Å². The average Bonchev–Trinajstić information content (AvgIpc) is 2.83. The number of carbonyl (C=O) groups excluding carboxylic acids is 1. The first kappa shape index (κ1) is 23.3. The summed E-state index contributed by atoms with van der Waals surface area (Å²) in [6, 6.07) is 22.4. The number of carbonyl (C=O) groups is 1. The number of benzene rings is 4. The molecule has 0 aliphatic carbocycles. The third-order valence-electron chi connectivity index (χ3n) is 5.24. The van der Waals surface area contributed by atoms with E-state index in [1.54, 1.807) is 25.3 Å². The largest absolute Gasteiger partial charge is 0.507 e. The third-order valence-corrected chi connectivity index (χ3v) is 5.83. The van der Waals surface area contributed by atoms with Crippen LogP contribution in [0.25, 0.3) is 10.8 Å². The molecule has 0 bridgehead atoms. The average molecular weight is 519 g/mol. The Morgan fingerprint density at radius 3 is 2.47 bits per heavy atom. The summed E-state index contributed by atoms with van der Waals surface area (Å²) < 4.78 is 12.2. The van der Waals surface area contributed by atoms with Gasteiger partial charge in [0.1, 0.15) is 12.4 Å². The molecule has 0 saturated heterocycles. The van der Waals surface area contributed by atoms with Crippen molar-refractivity contribution in [2.24, 2.45) is 5.10 Å². The number of ether oxygens (including phenoxy) is 2. The highest BCUT2D eigenvalue weighted by Crippen LogP contribution is 2.37. The number of halogens is 1. The van der Waals surface area contributed by atoms with Gasteiger partial charge in [0, 0.05) is 0 Å². The van der Waals surface area contributed by atoms with E-state index in [1.165, 1.54) is 11.8 Å². The molecule has 7 heteroatoms. The predicted molar refractivity (Wildman–Crippen MR) is 137 cm³/mol. The van der Waals surface area contributed by atoms with Gasteiger partial charge in [-0.05, 0) is 69.0 Å².